The zero-order valence-corrected chi connectivity index (χ0v) is 9.19. The molecular formula is C11H14F3NO. The van der Waals surface area contributed by atoms with E-state index in [1.807, 2.05) is 0 Å². The molecule has 0 amide bonds. The van der Waals surface area contributed by atoms with Crippen LogP contribution in [0.5, 0.6) is 0 Å². The molecule has 2 nitrogen and oxygen atoms in total. The highest BCUT2D eigenvalue weighted by atomic mass is 19.2. The first-order valence-corrected chi connectivity index (χ1v) is 4.82. The number of methoxy groups -OCH3 is 1. The molecule has 0 bridgehead atoms. The lowest BCUT2D eigenvalue weighted by molar-refractivity contribution is 0.170. The van der Waals surface area contributed by atoms with E-state index in [1.54, 1.807) is 6.92 Å². The number of benzene rings is 1. The van der Waals surface area contributed by atoms with Crippen molar-refractivity contribution in [2.24, 2.45) is 5.73 Å². The van der Waals surface area contributed by atoms with E-state index in [0.717, 1.165) is 12.1 Å². The van der Waals surface area contributed by atoms with Crippen molar-refractivity contribution in [1.82, 2.24) is 0 Å². The number of rotatable bonds is 4. The van der Waals surface area contributed by atoms with Gasteiger partial charge in [-0.25, -0.2) is 13.2 Å². The molecule has 0 aliphatic rings. The predicted molar refractivity (Wildman–Crippen MR) is 54.3 cm³/mol. The third-order valence-electron chi connectivity index (χ3n) is 2.48. The monoisotopic (exact) mass is 233 g/mol. The van der Waals surface area contributed by atoms with E-state index in [2.05, 4.69) is 0 Å². The van der Waals surface area contributed by atoms with Gasteiger partial charge in [0.25, 0.3) is 0 Å². The maximum absolute atomic E-state index is 13.4. The van der Waals surface area contributed by atoms with Crippen LogP contribution in [0.25, 0.3) is 0 Å². The molecule has 0 heterocycles. The van der Waals surface area contributed by atoms with Crippen LogP contribution in [0.15, 0.2) is 12.1 Å². The summed E-state index contributed by atoms with van der Waals surface area (Å²) in [6, 6.07) is 2.02. The van der Waals surface area contributed by atoms with Gasteiger partial charge in [0.2, 0.25) is 0 Å². The van der Waals surface area contributed by atoms with E-state index in [0.29, 0.717) is 13.0 Å². The van der Waals surface area contributed by atoms with E-state index in [1.165, 1.54) is 7.11 Å². The number of halogens is 3. The van der Waals surface area contributed by atoms with Crippen molar-refractivity contribution in [3.05, 3.63) is 35.1 Å². The summed E-state index contributed by atoms with van der Waals surface area (Å²) in [6.07, 6.45) is 0.311. The van der Waals surface area contributed by atoms with Gasteiger partial charge in [0.05, 0.1) is 0 Å². The van der Waals surface area contributed by atoms with Crippen molar-refractivity contribution in [3.8, 4) is 0 Å². The van der Waals surface area contributed by atoms with Gasteiger partial charge in [-0.2, -0.15) is 0 Å². The summed E-state index contributed by atoms with van der Waals surface area (Å²) < 4.78 is 44.0. The molecule has 5 heteroatoms. The molecule has 0 aliphatic heterocycles. The summed E-state index contributed by atoms with van der Waals surface area (Å²) in [5.74, 6) is -3.95. The first-order valence-electron chi connectivity index (χ1n) is 4.82. The zero-order valence-electron chi connectivity index (χ0n) is 9.19. The second-order valence-electron chi connectivity index (χ2n) is 3.88. The van der Waals surface area contributed by atoms with Gasteiger partial charge in [0, 0.05) is 24.8 Å². The van der Waals surface area contributed by atoms with Gasteiger partial charge in [-0.3, -0.25) is 0 Å². The summed E-state index contributed by atoms with van der Waals surface area (Å²) in [4.78, 5) is 0. The Hall–Kier alpha value is -1.07. The smallest absolute Gasteiger partial charge is 0.194 e. The minimum Gasteiger partial charge on any atom is -0.385 e. The average Bonchev–Trinajstić information content (AvgIpc) is 2.23. The predicted octanol–water partition coefficient (Wildman–Crippen LogP) is 2.31. The Labute approximate surface area is 92.2 Å². The Balaban J connectivity index is 3.08. The Morgan fingerprint density at radius 2 is 1.88 bits per heavy atom. The molecule has 0 saturated carbocycles. The van der Waals surface area contributed by atoms with Crippen LogP contribution in [0.3, 0.4) is 0 Å². The Kier molecular flexibility index (Phi) is 3.93. The van der Waals surface area contributed by atoms with Crippen LogP contribution < -0.4 is 5.73 Å². The van der Waals surface area contributed by atoms with Crippen molar-refractivity contribution >= 4 is 0 Å². The van der Waals surface area contributed by atoms with E-state index in [-0.39, 0.29) is 5.56 Å². The first kappa shape index (κ1) is 13.0. The molecule has 1 aromatic rings. The number of hydrogen-bond acceptors (Lipinski definition) is 2. The molecule has 16 heavy (non-hydrogen) atoms. The molecule has 1 rings (SSSR count). The lowest BCUT2D eigenvalue weighted by Gasteiger charge is -2.25. The second-order valence-corrected chi connectivity index (χ2v) is 3.88. The molecule has 1 atom stereocenters. The fourth-order valence-corrected chi connectivity index (χ4v) is 1.42. The van der Waals surface area contributed by atoms with Crippen molar-refractivity contribution in [2.45, 2.75) is 18.9 Å². The third kappa shape index (κ3) is 2.54. The fourth-order valence-electron chi connectivity index (χ4n) is 1.42. The standard InChI is InChI=1S/C11H14F3NO/c1-11(15,5-6-16-2)7-3-4-8(12)10(14)9(7)13/h3-4H,5-6,15H2,1-2H3. The van der Waals surface area contributed by atoms with Gasteiger partial charge in [0.1, 0.15) is 0 Å². The molecule has 0 aliphatic carbocycles. The SMILES string of the molecule is COCCC(C)(N)c1ccc(F)c(F)c1F. The molecule has 0 saturated heterocycles. The Bertz CT molecular complexity index is 380. The second kappa shape index (κ2) is 4.84. The number of nitrogens with two attached hydrogens (primary N) is 1. The van der Waals surface area contributed by atoms with Crippen LogP contribution in [-0.2, 0) is 10.3 Å². The number of ether oxygens (including phenoxy) is 1. The molecular weight excluding hydrogens is 219 g/mol. The first-order chi connectivity index (χ1) is 7.40. The highest BCUT2D eigenvalue weighted by Crippen LogP contribution is 2.26. The van der Waals surface area contributed by atoms with Gasteiger partial charge in [-0.05, 0) is 19.4 Å². The van der Waals surface area contributed by atoms with Gasteiger partial charge < -0.3 is 10.5 Å². The molecule has 0 fully saturated rings. The van der Waals surface area contributed by atoms with Crippen LogP contribution >= 0.6 is 0 Å². The summed E-state index contributed by atoms with van der Waals surface area (Å²) in [5.41, 5.74) is 4.69. The Morgan fingerprint density at radius 1 is 1.25 bits per heavy atom. The summed E-state index contributed by atoms with van der Waals surface area (Å²) >= 11 is 0. The fraction of sp³-hybridized carbons (Fsp3) is 0.455. The van der Waals surface area contributed by atoms with Gasteiger partial charge in [0.15, 0.2) is 17.5 Å². The largest absolute Gasteiger partial charge is 0.385 e. The van der Waals surface area contributed by atoms with Crippen LogP contribution in [0.4, 0.5) is 13.2 Å². The van der Waals surface area contributed by atoms with Crippen molar-refractivity contribution < 1.29 is 17.9 Å². The van der Waals surface area contributed by atoms with Crippen LogP contribution in [0, 0.1) is 17.5 Å². The van der Waals surface area contributed by atoms with E-state index in [4.69, 9.17) is 10.5 Å². The van der Waals surface area contributed by atoms with Gasteiger partial charge in [-0.1, -0.05) is 6.07 Å². The highest BCUT2D eigenvalue weighted by Gasteiger charge is 2.27. The summed E-state index contributed by atoms with van der Waals surface area (Å²) in [5, 5.41) is 0. The summed E-state index contributed by atoms with van der Waals surface area (Å²) in [6.45, 7) is 1.85. The lowest BCUT2D eigenvalue weighted by Crippen LogP contribution is -2.35. The van der Waals surface area contributed by atoms with Gasteiger partial charge >= 0.3 is 0 Å². The van der Waals surface area contributed by atoms with E-state index < -0.39 is 23.0 Å². The molecule has 1 unspecified atom stereocenters. The average molecular weight is 233 g/mol. The molecule has 0 radical (unpaired) electrons. The van der Waals surface area contributed by atoms with E-state index in [9.17, 15) is 13.2 Å². The van der Waals surface area contributed by atoms with E-state index >= 15 is 0 Å². The Morgan fingerprint density at radius 3 is 2.44 bits per heavy atom. The molecule has 0 aromatic heterocycles. The molecule has 0 spiro atoms. The normalized spacial score (nSPS) is 14.9. The van der Waals surface area contributed by atoms with Crippen molar-refractivity contribution in [1.29, 1.82) is 0 Å². The molecule has 90 valence electrons. The summed E-state index contributed by atoms with van der Waals surface area (Å²) in [7, 11) is 1.48. The van der Waals surface area contributed by atoms with Crippen LogP contribution in [0.2, 0.25) is 0 Å². The zero-order chi connectivity index (χ0) is 12.3. The maximum atomic E-state index is 13.4. The van der Waals surface area contributed by atoms with Crippen LogP contribution in [-0.4, -0.2) is 13.7 Å². The van der Waals surface area contributed by atoms with Gasteiger partial charge in [-0.15, -0.1) is 0 Å². The number of hydrogen-bond donors (Lipinski definition) is 1. The van der Waals surface area contributed by atoms with Crippen molar-refractivity contribution in [2.75, 3.05) is 13.7 Å². The third-order valence-corrected chi connectivity index (χ3v) is 2.48. The van der Waals surface area contributed by atoms with Crippen LogP contribution in [0.1, 0.15) is 18.9 Å². The maximum Gasteiger partial charge on any atom is 0.194 e. The minimum absolute atomic E-state index is 0.0524. The topological polar surface area (TPSA) is 35.2 Å². The molecule has 2 N–H and O–H groups in total. The van der Waals surface area contributed by atoms with Crippen molar-refractivity contribution in [3.63, 3.8) is 0 Å². The quantitative estimate of drug-likeness (QED) is 0.810. The minimum atomic E-state index is -1.49. The lowest BCUT2D eigenvalue weighted by atomic mass is 9.89. The highest BCUT2D eigenvalue weighted by molar-refractivity contribution is 5.26. The molecule has 1 aromatic carbocycles.